The van der Waals surface area contributed by atoms with Gasteiger partial charge in [0.05, 0.1) is 12.8 Å². The Morgan fingerprint density at radius 2 is 2.27 bits per heavy atom. The van der Waals surface area contributed by atoms with Gasteiger partial charge in [0.25, 0.3) is 0 Å². The summed E-state index contributed by atoms with van der Waals surface area (Å²) in [6, 6.07) is 0. The number of halogens is 1. The highest BCUT2D eigenvalue weighted by atomic mass is 35.5. The number of aliphatic hydroxyl groups is 2. The van der Waals surface area contributed by atoms with Crippen LogP contribution in [0, 0.1) is 10.8 Å². The summed E-state index contributed by atoms with van der Waals surface area (Å²) in [6.07, 6.45) is -2.30. The van der Waals surface area contributed by atoms with E-state index in [0.29, 0.717) is 6.21 Å². The molecule has 1 rings (SSSR count). The molecule has 13 heteroatoms. The van der Waals surface area contributed by atoms with Gasteiger partial charge in [-0.05, 0) is 12.5 Å². The van der Waals surface area contributed by atoms with Crippen molar-refractivity contribution in [2.75, 3.05) is 6.61 Å². The fourth-order valence-electron chi connectivity index (χ4n) is 1.78. The molecule has 0 aromatic carbocycles. The van der Waals surface area contributed by atoms with Crippen LogP contribution in [0.15, 0.2) is 10.1 Å². The molecule has 4 atom stereocenters. The van der Waals surface area contributed by atoms with Gasteiger partial charge in [-0.25, -0.2) is 10.5 Å². The van der Waals surface area contributed by atoms with Crippen molar-refractivity contribution in [2.45, 2.75) is 29.9 Å². The molecule has 0 unspecified atom stereocenters. The molecule has 0 bridgehead atoms. The Labute approximate surface area is 129 Å². The quantitative estimate of drug-likeness (QED) is 0.0669. The van der Waals surface area contributed by atoms with E-state index in [1.807, 2.05) is 0 Å². The number of ether oxygens (including phenoxy) is 1. The van der Waals surface area contributed by atoms with E-state index in [4.69, 9.17) is 37.9 Å². The van der Waals surface area contributed by atoms with Gasteiger partial charge in [0.15, 0.2) is 12.0 Å². The van der Waals surface area contributed by atoms with Crippen molar-refractivity contribution in [3.05, 3.63) is 10.4 Å². The van der Waals surface area contributed by atoms with Gasteiger partial charge in [-0.1, -0.05) is 5.11 Å². The molecule has 1 fully saturated rings. The molecule has 0 radical (unpaired) electrons. The number of nitrogens with zero attached hydrogens (tertiary/aromatic N) is 4. The van der Waals surface area contributed by atoms with E-state index in [2.05, 4.69) is 20.3 Å². The maximum absolute atomic E-state index is 10.1. The van der Waals surface area contributed by atoms with Crippen LogP contribution in [0.4, 0.5) is 0 Å². The van der Waals surface area contributed by atoms with E-state index in [1.165, 1.54) is 6.92 Å². The summed E-state index contributed by atoms with van der Waals surface area (Å²) in [5.74, 6) is -0.800. The second kappa shape index (κ2) is 6.87. The van der Waals surface area contributed by atoms with E-state index < -0.39 is 41.3 Å². The average Bonchev–Trinajstić information content (AvgIpc) is 2.68. The highest BCUT2D eigenvalue weighted by Crippen LogP contribution is 2.44. The van der Waals surface area contributed by atoms with Gasteiger partial charge >= 0.3 is 0 Å². The van der Waals surface area contributed by atoms with Crippen LogP contribution in [0.2, 0.25) is 0 Å². The van der Waals surface area contributed by atoms with Crippen LogP contribution >= 0.6 is 11.6 Å². The zero-order valence-corrected chi connectivity index (χ0v) is 12.1. The van der Waals surface area contributed by atoms with Gasteiger partial charge in [-0.15, -0.1) is 11.6 Å². The molecule has 1 saturated heterocycles. The van der Waals surface area contributed by atoms with Crippen LogP contribution in [-0.4, -0.2) is 63.0 Å². The fourth-order valence-corrected chi connectivity index (χ4v) is 2.04. The molecule has 0 aliphatic carbocycles. The van der Waals surface area contributed by atoms with Crippen LogP contribution in [0.25, 0.3) is 10.4 Å². The Bertz CT molecular complexity index is 534. The van der Waals surface area contributed by atoms with Crippen molar-refractivity contribution in [3.8, 4) is 0 Å². The maximum atomic E-state index is 10.1. The van der Waals surface area contributed by atoms with E-state index in [9.17, 15) is 10.2 Å². The third-order valence-corrected chi connectivity index (χ3v) is 3.34. The van der Waals surface area contributed by atoms with Crippen LogP contribution in [-0.2, 0) is 4.74 Å². The second-order valence-electron chi connectivity index (χ2n) is 4.49. The van der Waals surface area contributed by atoms with Gasteiger partial charge in [0, 0.05) is 4.91 Å². The SMILES string of the molecule is C[C@@]1(Cl)[C@H](N=C(NO)NC(=N)C=N)O[C@@](CO)(N=[N+]=[N-])[C@H]1O. The number of hydrogen-bond acceptors (Lipinski definition) is 8. The minimum atomic E-state index is -2.03. The number of guanidine groups is 1. The number of aliphatic imine (C=N–C) groups is 1. The molecule has 1 heterocycles. The standard InChI is InChI=1S/C9H15ClN8O4/c1-8(10)5(20)9(3-19,17-18-13)22-6(8)15-7(16-21)14-4(12)2-11/h2,5-6,11,19-21H,3H2,1H3,(H3,12,14,15,16)/t5-,6+,8-,9+/m0/s1. The molecular weight excluding hydrogens is 320 g/mol. The minimum Gasteiger partial charge on any atom is -0.393 e. The summed E-state index contributed by atoms with van der Waals surface area (Å²) in [7, 11) is 0. The van der Waals surface area contributed by atoms with Crippen molar-refractivity contribution >= 4 is 29.6 Å². The Balaban J connectivity index is 3.16. The highest BCUT2D eigenvalue weighted by molar-refractivity contribution is 6.30. The summed E-state index contributed by atoms with van der Waals surface area (Å²) in [5.41, 5.74) is 8.14. The van der Waals surface area contributed by atoms with Crippen molar-refractivity contribution in [1.29, 1.82) is 10.8 Å². The summed E-state index contributed by atoms with van der Waals surface area (Å²) in [6.45, 7) is 0.479. The first-order valence-corrected chi connectivity index (χ1v) is 6.21. The van der Waals surface area contributed by atoms with Crippen LogP contribution in [0.5, 0.6) is 0 Å². The maximum Gasteiger partial charge on any atom is 0.223 e. The number of hydrogen-bond donors (Lipinski definition) is 7. The molecule has 122 valence electrons. The second-order valence-corrected chi connectivity index (χ2v) is 5.30. The van der Waals surface area contributed by atoms with Crippen LogP contribution in [0.1, 0.15) is 6.92 Å². The Kier molecular flexibility index (Phi) is 5.65. The molecule has 0 saturated carbocycles. The predicted octanol–water partition coefficient (Wildman–Crippen LogP) is -0.749. The normalized spacial score (nSPS) is 34.7. The Morgan fingerprint density at radius 3 is 2.73 bits per heavy atom. The monoisotopic (exact) mass is 334 g/mol. The van der Waals surface area contributed by atoms with Crippen molar-refractivity contribution in [2.24, 2.45) is 10.1 Å². The molecular formula is C9H15ClN8O4. The van der Waals surface area contributed by atoms with E-state index in [1.54, 1.807) is 5.48 Å². The largest absolute Gasteiger partial charge is 0.393 e. The first-order chi connectivity index (χ1) is 10.3. The van der Waals surface area contributed by atoms with Gasteiger partial charge < -0.3 is 25.7 Å². The number of aliphatic hydroxyl groups excluding tert-OH is 2. The Hall–Kier alpha value is -1.95. The zero-order valence-electron chi connectivity index (χ0n) is 11.4. The molecule has 0 aromatic rings. The number of rotatable bonds is 4. The van der Waals surface area contributed by atoms with E-state index in [-0.39, 0.29) is 0 Å². The van der Waals surface area contributed by atoms with E-state index >= 15 is 0 Å². The van der Waals surface area contributed by atoms with Gasteiger partial charge in [-0.2, -0.15) is 0 Å². The number of azide groups is 1. The number of amidine groups is 1. The predicted molar refractivity (Wildman–Crippen MR) is 76.1 cm³/mol. The van der Waals surface area contributed by atoms with Crippen molar-refractivity contribution < 1.29 is 20.2 Å². The zero-order chi connectivity index (χ0) is 17.0. The molecule has 1 aliphatic rings. The van der Waals surface area contributed by atoms with Gasteiger partial charge in [-0.3, -0.25) is 10.6 Å². The Morgan fingerprint density at radius 1 is 1.64 bits per heavy atom. The first kappa shape index (κ1) is 18.1. The lowest BCUT2D eigenvalue weighted by Crippen LogP contribution is -2.48. The molecule has 22 heavy (non-hydrogen) atoms. The molecule has 7 N–H and O–H groups in total. The lowest BCUT2D eigenvalue weighted by molar-refractivity contribution is -0.105. The van der Waals surface area contributed by atoms with Gasteiger partial charge in [0.1, 0.15) is 16.8 Å². The lowest BCUT2D eigenvalue weighted by atomic mass is 9.97. The lowest BCUT2D eigenvalue weighted by Gasteiger charge is -2.26. The van der Waals surface area contributed by atoms with E-state index in [0.717, 1.165) is 0 Å². The van der Waals surface area contributed by atoms with Crippen molar-refractivity contribution in [1.82, 2.24) is 10.8 Å². The summed E-state index contributed by atoms with van der Waals surface area (Å²) >= 11 is 6.14. The van der Waals surface area contributed by atoms with Crippen LogP contribution < -0.4 is 10.8 Å². The molecule has 0 spiro atoms. The number of nitrogens with one attached hydrogen (secondary N) is 4. The molecule has 12 nitrogen and oxygen atoms in total. The van der Waals surface area contributed by atoms with Gasteiger partial charge in [0.2, 0.25) is 5.96 Å². The summed E-state index contributed by atoms with van der Waals surface area (Å²) in [5, 5.41) is 48.0. The summed E-state index contributed by atoms with van der Waals surface area (Å²) < 4.78 is 5.26. The third kappa shape index (κ3) is 3.27. The highest BCUT2D eigenvalue weighted by Gasteiger charge is 2.61. The smallest absolute Gasteiger partial charge is 0.223 e. The first-order valence-electron chi connectivity index (χ1n) is 5.83. The average molecular weight is 335 g/mol. The molecule has 0 amide bonds. The number of hydroxylamine groups is 1. The third-order valence-electron chi connectivity index (χ3n) is 2.95. The topological polar surface area (TPSA) is 203 Å². The summed E-state index contributed by atoms with van der Waals surface area (Å²) in [4.78, 5) is 4.70. The minimum absolute atomic E-state index is 0.396. The van der Waals surface area contributed by atoms with Crippen LogP contribution in [0.3, 0.4) is 0 Å². The fraction of sp³-hybridized carbons (Fsp3) is 0.667. The molecule has 0 aromatic heterocycles. The molecule has 1 aliphatic heterocycles. The van der Waals surface area contributed by atoms with Crippen molar-refractivity contribution in [3.63, 3.8) is 0 Å². The number of alkyl halides is 1.